The number of nitrogens with two attached hydrogens (primary N) is 1. The van der Waals surface area contributed by atoms with E-state index < -0.39 is 0 Å². The van der Waals surface area contributed by atoms with Crippen LogP contribution >= 0.6 is 0 Å². The van der Waals surface area contributed by atoms with E-state index in [9.17, 15) is 0 Å². The van der Waals surface area contributed by atoms with E-state index in [2.05, 4.69) is 23.5 Å². The predicted octanol–water partition coefficient (Wildman–Crippen LogP) is 3.30. The zero-order chi connectivity index (χ0) is 13.1. The minimum atomic E-state index is 0.708. The second-order valence-corrected chi connectivity index (χ2v) is 4.58. The Morgan fingerprint density at radius 1 is 0.947 bits per heavy atom. The molecule has 3 N–H and O–H groups in total. The van der Waals surface area contributed by atoms with Gasteiger partial charge in [-0.1, -0.05) is 24.3 Å². The lowest BCUT2D eigenvalue weighted by molar-refractivity contribution is 0.483. The topological polar surface area (TPSA) is 51.2 Å². The maximum absolute atomic E-state index is 6.08. The Balaban J connectivity index is 1.75. The number of rotatable bonds is 4. The molecule has 0 atom stereocenters. The van der Waals surface area contributed by atoms with Crippen LogP contribution in [0.25, 0.3) is 10.8 Å². The molecule has 0 aliphatic rings. The van der Waals surface area contributed by atoms with E-state index in [0.717, 1.165) is 23.6 Å². The van der Waals surface area contributed by atoms with E-state index in [1.165, 1.54) is 10.8 Å². The summed E-state index contributed by atoms with van der Waals surface area (Å²) in [6.45, 7) is 1.44. The van der Waals surface area contributed by atoms with Crippen molar-refractivity contribution >= 4 is 16.5 Å². The Bertz CT molecular complexity index is 674. The number of anilines is 1. The second-order valence-electron chi connectivity index (χ2n) is 4.58. The van der Waals surface area contributed by atoms with Gasteiger partial charge in [0.2, 0.25) is 0 Å². The van der Waals surface area contributed by atoms with Gasteiger partial charge in [-0.3, -0.25) is 0 Å². The lowest BCUT2D eigenvalue weighted by Gasteiger charge is -2.09. The summed E-state index contributed by atoms with van der Waals surface area (Å²) in [5.41, 5.74) is 8.02. The fraction of sp³-hybridized carbons (Fsp3) is 0.125. The Morgan fingerprint density at radius 3 is 2.47 bits per heavy atom. The van der Waals surface area contributed by atoms with Gasteiger partial charge >= 0.3 is 0 Å². The molecule has 19 heavy (non-hydrogen) atoms. The smallest absolute Gasteiger partial charge is 0.117 e. The van der Waals surface area contributed by atoms with Crippen LogP contribution in [0.1, 0.15) is 11.3 Å². The van der Waals surface area contributed by atoms with Crippen LogP contribution in [0.4, 0.5) is 5.69 Å². The van der Waals surface area contributed by atoms with Crippen molar-refractivity contribution < 1.29 is 4.42 Å². The number of fused-ring (bicyclic) bond motifs is 1. The van der Waals surface area contributed by atoms with Gasteiger partial charge in [-0.05, 0) is 40.6 Å². The first-order valence-electron chi connectivity index (χ1n) is 6.33. The van der Waals surface area contributed by atoms with Crippen LogP contribution in [0, 0.1) is 0 Å². The van der Waals surface area contributed by atoms with Crippen molar-refractivity contribution in [3.05, 3.63) is 66.1 Å². The SMILES string of the molecule is Nc1cc2ccccc2cc1CNCc1ccco1. The first kappa shape index (κ1) is 11.8. The molecule has 3 nitrogen and oxygen atoms in total. The van der Waals surface area contributed by atoms with Crippen LogP contribution in [0.3, 0.4) is 0 Å². The quantitative estimate of drug-likeness (QED) is 0.700. The molecule has 0 fully saturated rings. The van der Waals surface area contributed by atoms with Gasteiger partial charge in [0.15, 0.2) is 0 Å². The standard InChI is InChI=1S/C16H16N2O/c17-16-9-13-5-2-1-4-12(13)8-14(16)10-18-11-15-6-3-7-19-15/h1-9,18H,10-11,17H2. The maximum Gasteiger partial charge on any atom is 0.117 e. The third-order valence-corrected chi connectivity index (χ3v) is 3.20. The zero-order valence-corrected chi connectivity index (χ0v) is 10.6. The molecule has 2 aromatic carbocycles. The third-order valence-electron chi connectivity index (χ3n) is 3.20. The molecule has 0 bridgehead atoms. The number of furan rings is 1. The fourth-order valence-electron chi connectivity index (χ4n) is 2.19. The van der Waals surface area contributed by atoms with E-state index in [1.807, 2.05) is 30.3 Å². The normalized spacial score (nSPS) is 10.9. The molecule has 3 rings (SSSR count). The minimum absolute atomic E-state index is 0.708. The van der Waals surface area contributed by atoms with Crippen LogP contribution < -0.4 is 11.1 Å². The predicted molar refractivity (Wildman–Crippen MR) is 77.6 cm³/mol. The first-order valence-corrected chi connectivity index (χ1v) is 6.33. The second kappa shape index (κ2) is 5.16. The Labute approximate surface area is 112 Å². The summed E-state index contributed by atoms with van der Waals surface area (Å²) in [5.74, 6) is 0.930. The Kier molecular flexibility index (Phi) is 3.21. The molecule has 0 saturated carbocycles. The van der Waals surface area contributed by atoms with Crippen molar-refractivity contribution in [1.82, 2.24) is 5.32 Å². The summed E-state index contributed by atoms with van der Waals surface area (Å²) >= 11 is 0. The highest BCUT2D eigenvalue weighted by molar-refractivity contribution is 5.86. The summed E-state index contributed by atoms with van der Waals surface area (Å²) in [4.78, 5) is 0. The third kappa shape index (κ3) is 2.61. The van der Waals surface area contributed by atoms with Crippen LogP contribution in [-0.2, 0) is 13.1 Å². The molecule has 3 heteroatoms. The summed E-state index contributed by atoms with van der Waals surface area (Å²) in [6.07, 6.45) is 1.68. The van der Waals surface area contributed by atoms with Crippen molar-refractivity contribution in [3.63, 3.8) is 0 Å². The summed E-state index contributed by atoms with van der Waals surface area (Å²) in [6, 6.07) is 16.3. The average Bonchev–Trinajstić information content (AvgIpc) is 2.92. The largest absolute Gasteiger partial charge is 0.468 e. The van der Waals surface area contributed by atoms with Crippen molar-refractivity contribution in [3.8, 4) is 0 Å². The Hall–Kier alpha value is -2.26. The highest BCUT2D eigenvalue weighted by Gasteiger charge is 2.02. The van der Waals surface area contributed by atoms with Gasteiger partial charge in [-0.25, -0.2) is 0 Å². The van der Waals surface area contributed by atoms with Crippen molar-refractivity contribution in [2.45, 2.75) is 13.1 Å². The summed E-state index contributed by atoms with van der Waals surface area (Å²) < 4.78 is 5.28. The molecule has 1 aromatic heterocycles. The van der Waals surface area contributed by atoms with E-state index in [-0.39, 0.29) is 0 Å². The molecule has 96 valence electrons. The highest BCUT2D eigenvalue weighted by atomic mass is 16.3. The van der Waals surface area contributed by atoms with Gasteiger partial charge < -0.3 is 15.5 Å². The van der Waals surface area contributed by atoms with Gasteiger partial charge in [-0.15, -0.1) is 0 Å². The van der Waals surface area contributed by atoms with Crippen LogP contribution in [0.2, 0.25) is 0 Å². The monoisotopic (exact) mass is 252 g/mol. The molecule has 0 aliphatic heterocycles. The van der Waals surface area contributed by atoms with Crippen molar-refractivity contribution in [2.75, 3.05) is 5.73 Å². The molecule has 0 spiro atoms. The van der Waals surface area contributed by atoms with Gasteiger partial charge in [0.25, 0.3) is 0 Å². The van der Waals surface area contributed by atoms with Gasteiger partial charge in [0, 0.05) is 12.2 Å². The molecule has 0 amide bonds. The average molecular weight is 252 g/mol. The lowest BCUT2D eigenvalue weighted by atomic mass is 10.1. The number of hydrogen-bond donors (Lipinski definition) is 2. The molecule has 0 radical (unpaired) electrons. The molecular formula is C16H16N2O. The van der Waals surface area contributed by atoms with E-state index in [4.69, 9.17) is 10.2 Å². The van der Waals surface area contributed by atoms with Gasteiger partial charge in [0.05, 0.1) is 12.8 Å². The number of nitrogens with one attached hydrogen (secondary N) is 1. The summed E-state index contributed by atoms with van der Waals surface area (Å²) in [7, 11) is 0. The molecule has 0 saturated heterocycles. The molecule has 1 heterocycles. The van der Waals surface area contributed by atoms with Crippen LogP contribution in [-0.4, -0.2) is 0 Å². The fourth-order valence-corrected chi connectivity index (χ4v) is 2.19. The van der Waals surface area contributed by atoms with Crippen LogP contribution in [0.15, 0.2) is 59.2 Å². The van der Waals surface area contributed by atoms with E-state index >= 15 is 0 Å². The zero-order valence-electron chi connectivity index (χ0n) is 10.6. The molecule has 3 aromatic rings. The number of benzene rings is 2. The lowest BCUT2D eigenvalue weighted by Crippen LogP contribution is -2.13. The van der Waals surface area contributed by atoms with E-state index in [0.29, 0.717) is 6.54 Å². The Morgan fingerprint density at radius 2 is 1.74 bits per heavy atom. The number of hydrogen-bond acceptors (Lipinski definition) is 3. The summed E-state index contributed by atoms with van der Waals surface area (Å²) in [5, 5.41) is 5.73. The molecular weight excluding hydrogens is 236 g/mol. The number of nitrogen functional groups attached to an aromatic ring is 1. The first-order chi connectivity index (χ1) is 9.33. The molecule has 0 aliphatic carbocycles. The minimum Gasteiger partial charge on any atom is -0.468 e. The maximum atomic E-state index is 6.08. The highest BCUT2D eigenvalue weighted by Crippen LogP contribution is 2.21. The molecule has 0 unspecified atom stereocenters. The van der Waals surface area contributed by atoms with E-state index in [1.54, 1.807) is 6.26 Å². The van der Waals surface area contributed by atoms with Crippen LogP contribution in [0.5, 0.6) is 0 Å². The van der Waals surface area contributed by atoms with Gasteiger partial charge in [-0.2, -0.15) is 0 Å². The van der Waals surface area contributed by atoms with Crippen molar-refractivity contribution in [1.29, 1.82) is 0 Å². The van der Waals surface area contributed by atoms with Crippen molar-refractivity contribution in [2.24, 2.45) is 0 Å². The van der Waals surface area contributed by atoms with Gasteiger partial charge in [0.1, 0.15) is 5.76 Å².